The molecule has 0 aliphatic rings. The monoisotopic (exact) mass is 467 g/mol. The highest BCUT2D eigenvalue weighted by molar-refractivity contribution is 9.10. The average Bonchev–Trinajstić information content (AvgIpc) is 2.73. The first-order valence-electron chi connectivity index (χ1n) is 9.28. The average molecular weight is 468 g/mol. The van der Waals surface area contributed by atoms with Crippen LogP contribution in [0.15, 0.2) is 71.2 Å². The molecule has 3 aromatic carbocycles. The van der Waals surface area contributed by atoms with Gasteiger partial charge in [-0.25, -0.2) is 0 Å². The molecule has 0 spiro atoms. The minimum atomic E-state index is -0.282. The summed E-state index contributed by atoms with van der Waals surface area (Å²) in [5, 5.41) is 12.0. The molecule has 0 aliphatic heterocycles. The Morgan fingerprint density at radius 1 is 1.13 bits per heavy atom. The number of benzene rings is 3. The van der Waals surface area contributed by atoms with Gasteiger partial charge in [-0.3, -0.25) is 4.79 Å². The van der Waals surface area contributed by atoms with Gasteiger partial charge >= 0.3 is 0 Å². The predicted octanol–water partition coefficient (Wildman–Crippen LogP) is 5.70. The van der Waals surface area contributed by atoms with Gasteiger partial charge in [0, 0.05) is 11.8 Å². The number of hydrogen-bond donors (Lipinski definition) is 2. The molecule has 1 amide bonds. The van der Waals surface area contributed by atoms with Crippen LogP contribution in [0.1, 0.15) is 16.7 Å². The minimum Gasteiger partial charge on any atom is -0.508 e. The highest BCUT2D eigenvalue weighted by Gasteiger charge is 2.11. The van der Waals surface area contributed by atoms with E-state index in [0.717, 1.165) is 15.6 Å². The maximum Gasteiger partial charge on any atom is 0.248 e. The normalized spacial score (nSPS) is 10.8. The number of phenolic OH excluding ortho intramolecular Hbond substituents is 1. The van der Waals surface area contributed by atoms with E-state index in [2.05, 4.69) is 27.3 Å². The van der Waals surface area contributed by atoms with Gasteiger partial charge in [-0.2, -0.15) is 0 Å². The van der Waals surface area contributed by atoms with Gasteiger partial charge in [-0.1, -0.05) is 29.8 Å². The molecule has 3 aromatic rings. The van der Waals surface area contributed by atoms with Gasteiger partial charge < -0.3 is 19.9 Å². The van der Waals surface area contributed by atoms with E-state index in [1.54, 1.807) is 31.4 Å². The van der Waals surface area contributed by atoms with E-state index in [1.165, 1.54) is 23.8 Å². The van der Waals surface area contributed by atoms with E-state index < -0.39 is 0 Å². The van der Waals surface area contributed by atoms with Crippen LogP contribution in [-0.4, -0.2) is 18.1 Å². The van der Waals surface area contributed by atoms with Gasteiger partial charge in [0.25, 0.3) is 0 Å². The van der Waals surface area contributed by atoms with Crippen molar-refractivity contribution in [1.82, 2.24) is 0 Å². The Morgan fingerprint density at radius 2 is 1.90 bits per heavy atom. The first-order chi connectivity index (χ1) is 14.4. The number of rotatable bonds is 7. The molecule has 2 N–H and O–H groups in total. The number of nitrogens with one attached hydrogen (secondary N) is 1. The largest absolute Gasteiger partial charge is 0.508 e. The number of aryl methyl sites for hydroxylation is 1. The zero-order valence-corrected chi connectivity index (χ0v) is 18.3. The van der Waals surface area contributed by atoms with Crippen LogP contribution in [0, 0.1) is 6.92 Å². The Labute approximate surface area is 184 Å². The number of anilines is 1. The second-order valence-electron chi connectivity index (χ2n) is 6.68. The summed E-state index contributed by atoms with van der Waals surface area (Å²) in [5.41, 5.74) is 3.62. The number of halogens is 1. The van der Waals surface area contributed by atoms with Crippen LogP contribution in [-0.2, 0) is 11.4 Å². The third-order valence-corrected chi connectivity index (χ3v) is 4.87. The molecule has 30 heavy (non-hydrogen) atoms. The van der Waals surface area contributed by atoms with E-state index in [0.29, 0.717) is 23.8 Å². The molecule has 0 radical (unpaired) electrons. The summed E-state index contributed by atoms with van der Waals surface area (Å²) in [6, 6.07) is 18.1. The van der Waals surface area contributed by atoms with Crippen LogP contribution in [0.25, 0.3) is 6.08 Å². The number of methoxy groups -OCH3 is 1. The molecule has 0 atom stereocenters. The van der Waals surface area contributed by atoms with E-state index in [9.17, 15) is 9.90 Å². The molecule has 6 heteroatoms. The minimum absolute atomic E-state index is 0.144. The van der Waals surface area contributed by atoms with Crippen molar-refractivity contribution in [3.8, 4) is 17.2 Å². The molecule has 3 rings (SSSR count). The van der Waals surface area contributed by atoms with Crippen LogP contribution < -0.4 is 14.8 Å². The molecule has 0 fully saturated rings. The fourth-order valence-corrected chi connectivity index (χ4v) is 3.41. The lowest BCUT2D eigenvalue weighted by Crippen LogP contribution is -2.07. The quantitative estimate of drug-likeness (QED) is 0.345. The zero-order chi connectivity index (χ0) is 21.5. The lowest BCUT2D eigenvalue weighted by Gasteiger charge is -2.14. The Balaban J connectivity index is 1.70. The first kappa shape index (κ1) is 21.5. The van der Waals surface area contributed by atoms with Crippen LogP contribution in [0.5, 0.6) is 17.2 Å². The van der Waals surface area contributed by atoms with Crippen LogP contribution in [0.2, 0.25) is 0 Å². The van der Waals surface area contributed by atoms with Crippen molar-refractivity contribution in [2.75, 3.05) is 12.4 Å². The third-order valence-electron chi connectivity index (χ3n) is 4.28. The van der Waals surface area contributed by atoms with Crippen molar-refractivity contribution >= 4 is 33.6 Å². The van der Waals surface area contributed by atoms with Crippen LogP contribution in [0.4, 0.5) is 5.69 Å². The second kappa shape index (κ2) is 9.98. The van der Waals surface area contributed by atoms with Gasteiger partial charge in [-0.15, -0.1) is 0 Å². The first-order valence-corrected chi connectivity index (χ1v) is 10.1. The molecule has 0 saturated carbocycles. The molecular weight excluding hydrogens is 446 g/mol. The molecular formula is C24H22BrNO4. The number of ether oxygens (including phenoxy) is 2. The molecule has 0 aliphatic carbocycles. The number of hydrogen-bond acceptors (Lipinski definition) is 4. The molecule has 0 saturated heterocycles. The fourth-order valence-electron chi connectivity index (χ4n) is 2.83. The topological polar surface area (TPSA) is 67.8 Å². The smallest absolute Gasteiger partial charge is 0.248 e. The summed E-state index contributed by atoms with van der Waals surface area (Å²) >= 11 is 3.53. The maximum atomic E-state index is 12.1. The Kier molecular flexibility index (Phi) is 7.14. The Hall–Kier alpha value is -3.25. The van der Waals surface area contributed by atoms with E-state index in [4.69, 9.17) is 9.47 Å². The standard InChI is InChI=1S/C24H22BrNO4/c1-16-4-3-5-18(12-16)15-30-24-21(25)13-17(14-22(24)29-2)6-11-23(28)26-19-7-9-20(27)10-8-19/h3-14,27H,15H2,1-2H3,(H,26,28)/b11-6+. The summed E-state index contributed by atoms with van der Waals surface area (Å²) in [4.78, 5) is 12.1. The number of aromatic hydroxyl groups is 1. The van der Waals surface area contributed by atoms with Crippen molar-refractivity contribution in [2.45, 2.75) is 13.5 Å². The van der Waals surface area contributed by atoms with Gasteiger partial charge in [0.2, 0.25) is 5.91 Å². The molecule has 0 bridgehead atoms. The van der Waals surface area contributed by atoms with Crippen molar-refractivity contribution in [2.24, 2.45) is 0 Å². The van der Waals surface area contributed by atoms with Gasteiger partial charge in [0.1, 0.15) is 12.4 Å². The number of carbonyl (C=O) groups excluding carboxylic acids is 1. The Bertz CT molecular complexity index is 1060. The van der Waals surface area contributed by atoms with Crippen molar-refractivity contribution < 1.29 is 19.4 Å². The molecule has 5 nitrogen and oxygen atoms in total. The third kappa shape index (κ3) is 5.87. The maximum absolute atomic E-state index is 12.1. The van der Waals surface area contributed by atoms with Gasteiger partial charge in [0.05, 0.1) is 11.6 Å². The molecule has 154 valence electrons. The summed E-state index contributed by atoms with van der Waals surface area (Å²) in [7, 11) is 1.58. The fraction of sp³-hybridized carbons (Fsp3) is 0.125. The lowest BCUT2D eigenvalue weighted by atomic mass is 10.1. The van der Waals surface area contributed by atoms with Crippen molar-refractivity contribution in [1.29, 1.82) is 0 Å². The van der Waals surface area contributed by atoms with Crippen molar-refractivity contribution in [3.05, 3.63) is 87.9 Å². The highest BCUT2D eigenvalue weighted by atomic mass is 79.9. The molecule has 0 aromatic heterocycles. The van der Waals surface area contributed by atoms with Gasteiger partial charge in [0.15, 0.2) is 11.5 Å². The predicted molar refractivity (Wildman–Crippen MR) is 122 cm³/mol. The van der Waals surface area contributed by atoms with E-state index >= 15 is 0 Å². The van der Waals surface area contributed by atoms with E-state index in [-0.39, 0.29) is 11.7 Å². The summed E-state index contributed by atoms with van der Waals surface area (Å²) < 4.78 is 12.2. The Morgan fingerprint density at radius 3 is 2.60 bits per heavy atom. The van der Waals surface area contributed by atoms with Crippen LogP contribution in [0.3, 0.4) is 0 Å². The summed E-state index contributed by atoms with van der Waals surface area (Å²) in [5.74, 6) is 1.03. The summed E-state index contributed by atoms with van der Waals surface area (Å²) in [6.45, 7) is 2.46. The van der Waals surface area contributed by atoms with Crippen LogP contribution >= 0.6 is 15.9 Å². The van der Waals surface area contributed by atoms with Gasteiger partial charge in [-0.05, 0) is 76.5 Å². The van der Waals surface area contributed by atoms with E-state index in [1.807, 2.05) is 31.2 Å². The molecule has 0 unspecified atom stereocenters. The molecule has 0 heterocycles. The number of amides is 1. The zero-order valence-electron chi connectivity index (χ0n) is 16.7. The summed E-state index contributed by atoms with van der Waals surface area (Å²) in [6.07, 6.45) is 3.12. The van der Waals surface area contributed by atoms with Crippen molar-refractivity contribution in [3.63, 3.8) is 0 Å². The lowest BCUT2D eigenvalue weighted by molar-refractivity contribution is -0.111. The number of phenols is 1. The highest BCUT2D eigenvalue weighted by Crippen LogP contribution is 2.37. The second-order valence-corrected chi connectivity index (χ2v) is 7.54. The SMILES string of the molecule is COc1cc(/C=C/C(=O)Nc2ccc(O)cc2)cc(Br)c1OCc1cccc(C)c1. The number of carbonyl (C=O) groups is 1.